The Kier molecular flexibility index (Phi) is 8.40. The van der Waals surface area contributed by atoms with Crippen LogP contribution in [0, 0.1) is 23.7 Å². The number of piperidine rings is 2. The average Bonchev–Trinajstić information content (AvgIpc) is 2.54. The van der Waals surface area contributed by atoms with Crippen LogP contribution in [-0.2, 0) is 0 Å². The second kappa shape index (κ2) is 10.0. The van der Waals surface area contributed by atoms with Crippen LogP contribution in [0.5, 0.6) is 0 Å². The summed E-state index contributed by atoms with van der Waals surface area (Å²) in [5, 5.41) is 0. The minimum Gasteiger partial charge on any atom is -0.302 e. The van der Waals surface area contributed by atoms with Crippen molar-refractivity contribution in [2.24, 2.45) is 23.7 Å². The van der Waals surface area contributed by atoms with Crippen LogP contribution < -0.4 is 0 Å². The molecule has 0 saturated carbocycles. The lowest BCUT2D eigenvalue weighted by Gasteiger charge is -2.37. The quantitative estimate of drug-likeness (QED) is 0.627. The summed E-state index contributed by atoms with van der Waals surface area (Å²) in [4.78, 5) is 5.45. The van der Waals surface area contributed by atoms with Crippen molar-refractivity contribution in [2.75, 3.05) is 39.3 Å². The molecule has 0 aliphatic carbocycles. The third-order valence-electron chi connectivity index (χ3n) is 6.41. The standard InChI is InChI=1S/C21H42N2/c1-18(2)6-5-7-20-8-12-22(13-9-20)16-17-23-14-10-21(11-15-23)19(3)4/h18-21H,5-17H2,1-4H3. The zero-order chi connectivity index (χ0) is 16.7. The first-order valence-electron chi connectivity index (χ1n) is 10.5. The summed E-state index contributed by atoms with van der Waals surface area (Å²) < 4.78 is 0. The molecule has 2 aliphatic heterocycles. The molecule has 2 aliphatic rings. The Bertz CT molecular complexity index is 297. The molecule has 2 nitrogen and oxygen atoms in total. The van der Waals surface area contributed by atoms with Gasteiger partial charge in [-0.3, -0.25) is 0 Å². The van der Waals surface area contributed by atoms with Gasteiger partial charge >= 0.3 is 0 Å². The van der Waals surface area contributed by atoms with E-state index in [-0.39, 0.29) is 0 Å². The molecule has 2 heteroatoms. The van der Waals surface area contributed by atoms with Crippen molar-refractivity contribution in [1.29, 1.82) is 0 Å². The molecule has 0 N–H and O–H groups in total. The number of rotatable bonds is 8. The van der Waals surface area contributed by atoms with Crippen molar-refractivity contribution in [3.05, 3.63) is 0 Å². The van der Waals surface area contributed by atoms with Crippen LogP contribution in [0.1, 0.15) is 72.6 Å². The molecule has 2 fully saturated rings. The van der Waals surface area contributed by atoms with Gasteiger partial charge in [-0.15, -0.1) is 0 Å². The highest BCUT2D eigenvalue weighted by Gasteiger charge is 2.23. The fourth-order valence-electron chi connectivity index (χ4n) is 4.44. The van der Waals surface area contributed by atoms with Gasteiger partial charge in [0.15, 0.2) is 0 Å². The highest BCUT2D eigenvalue weighted by molar-refractivity contribution is 4.77. The van der Waals surface area contributed by atoms with Crippen LogP contribution in [0.15, 0.2) is 0 Å². The van der Waals surface area contributed by atoms with E-state index in [1.807, 2.05) is 0 Å². The molecular formula is C21H42N2. The summed E-state index contributed by atoms with van der Waals surface area (Å²) in [6.45, 7) is 17.5. The smallest absolute Gasteiger partial charge is 0.0109 e. The summed E-state index contributed by atoms with van der Waals surface area (Å²) in [6.07, 6.45) is 10.1. The number of nitrogens with zero attached hydrogens (tertiary/aromatic N) is 2. The summed E-state index contributed by atoms with van der Waals surface area (Å²) >= 11 is 0. The van der Waals surface area contributed by atoms with E-state index in [1.165, 1.54) is 84.2 Å². The molecule has 0 amide bonds. The van der Waals surface area contributed by atoms with E-state index >= 15 is 0 Å². The fourth-order valence-corrected chi connectivity index (χ4v) is 4.44. The Morgan fingerprint density at radius 2 is 1.30 bits per heavy atom. The van der Waals surface area contributed by atoms with E-state index in [9.17, 15) is 0 Å². The molecule has 136 valence electrons. The van der Waals surface area contributed by atoms with Crippen LogP contribution in [-0.4, -0.2) is 49.1 Å². The summed E-state index contributed by atoms with van der Waals surface area (Å²) in [5.74, 6) is 3.77. The summed E-state index contributed by atoms with van der Waals surface area (Å²) in [6, 6.07) is 0. The van der Waals surface area contributed by atoms with Gasteiger partial charge in [-0.1, -0.05) is 47.0 Å². The Balaban J connectivity index is 1.53. The van der Waals surface area contributed by atoms with Crippen LogP contribution in [0.3, 0.4) is 0 Å². The molecule has 2 rings (SSSR count). The average molecular weight is 323 g/mol. The molecule has 2 heterocycles. The maximum atomic E-state index is 2.73. The van der Waals surface area contributed by atoms with E-state index < -0.39 is 0 Å². The normalized spacial score (nSPS) is 23.2. The van der Waals surface area contributed by atoms with E-state index in [2.05, 4.69) is 37.5 Å². The van der Waals surface area contributed by atoms with Crippen molar-refractivity contribution in [1.82, 2.24) is 9.80 Å². The monoisotopic (exact) mass is 322 g/mol. The topological polar surface area (TPSA) is 6.48 Å². The molecule has 0 bridgehead atoms. The molecule has 2 saturated heterocycles. The first kappa shape index (κ1) is 19.2. The first-order chi connectivity index (χ1) is 11.0. The Morgan fingerprint density at radius 3 is 1.78 bits per heavy atom. The Hall–Kier alpha value is -0.0800. The highest BCUT2D eigenvalue weighted by Crippen LogP contribution is 2.25. The number of hydrogen-bond donors (Lipinski definition) is 0. The molecule has 0 unspecified atom stereocenters. The van der Waals surface area contributed by atoms with Crippen LogP contribution >= 0.6 is 0 Å². The molecule has 0 spiro atoms. The van der Waals surface area contributed by atoms with Crippen molar-refractivity contribution in [3.8, 4) is 0 Å². The van der Waals surface area contributed by atoms with Gasteiger partial charge in [0, 0.05) is 13.1 Å². The lowest BCUT2D eigenvalue weighted by Crippen LogP contribution is -2.42. The third-order valence-corrected chi connectivity index (χ3v) is 6.41. The SMILES string of the molecule is CC(C)CCCC1CCN(CCN2CCC(C(C)C)CC2)CC1. The zero-order valence-corrected chi connectivity index (χ0v) is 16.4. The maximum absolute atomic E-state index is 2.73. The Morgan fingerprint density at radius 1 is 0.783 bits per heavy atom. The van der Waals surface area contributed by atoms with Gasteiger partial charge in [-0.05, 0) is 75.5 Å². The molecular weight excluding hydrogens is 280 g/mol. The van der Waals surface area contributed by atoms with Crippen molar-refractivity contribution < 1.29 is 0 Å². The largest absolute Gasteiger partial charge is 0.302 e. The van der Waals surface area contributed by atoms with Crippen LogP contribution in [0.2, 0.25) is 0 Å². The van der Waals surface area contributed by atoms with Gasteiger partial charge in [0.2, 0.25) is 0 Å². The molecule has 0 aromatic heterocycles. The zero-order valence-electron chi connectivity index (χ0n) is 16.4. The van der Waals surface area contributed by atoms with Crippen molar-refractivity contribution in [3.63, 3.8) is 0 Å². The van der Waals surface area contributed by atoms with Gasteiger partial charge in [0.05, 0.1) is 0 Å². The predicted octanol–water partition coefficient (Wildman–Crippen LogP) is 4.89. The van der Waals surface area contributed by atoms with Crippen molar-refractivity contribution >= 4 is 0 Å². The molecule has 0 aromatic carbocycles. The first-order valence-corrected chi connectivity index (χ1v) is 10.5. The van der Waals surface area contributed by atoms with Gasteiger partial charge in [0.1, 0.15) is 0 Å². The molecule has 0 aromatic rings. The second-order valence-electron chi connectivity index (χ2n) is 9.03. The van der Waals surface area contributed by atoms with E-state index in [1.54, 1.807) is 0 Å². The van der Waals surface area contributed by atoms with Crippen molar-refractivity contribution in [2.45, 2.75) is 72.6 Å². The van der Waals surface area contributed by atoms with Gasteiger partial charge < -0.3 is 9.80 Å². The molecule has 23 heavy (non-hydrogen) atoms. The summed E-state index contributed by atoms with van der Waals surface area (Å²) in [5.41, 5.74) is 0. The second-order valence-corrected chi connectivity index (χ2v) is 9.03. The third kappa shape index (κ3) is 7.13. The van der Waals surface area contributed by atoms with Gasteiger partial charge in [0.25, 0.3) is 0 Å². The minimum absolute atomic E-state index is 0.881. The van der Waals surface area contributed by atoms with Gasteiger partial charge in [-0.25, -0.2) is 0 Å². The molecule has 0 radical (unpaired) electrons. The van der Waals surface area contributed by atoms with E-state index in [4.69, 9.17) is 0 Å². The highest BCUT2D eigenvalue weighted by atomic mass is 15.2. The number of likely N-dealkylation sites (tertiary alicyclic amines) is 2. The molecule has 0 atom stereocenters. The number of hydrogen-bond acceptors (Lipinski definition) is 2. The van der Waals surface area contributed by atoms with E-state index in [0.29, 0.717) is 0 Å². The predicted molar refractivity (Wildman–Crippen MR) is 102 cm³/mol. The maximum Gasteiger partial charge on any atom is 0.0109 e. The van der Waals surface area contributed by atoms with Crippen LogP contribution in [0.25, 0.3) is 0 Å². The Labute approximate surface area is 146 Å². The van der Waals surface area contributed by atoms with Gasteiger partial charge in [-0.2, -0.15) is 0 Å². The lowest BCUT2D eigenvalue weighted by molar-refractivity contribution is 0.120. The minimum atomic E-state index is 0.881. The lowest BCUT2D eigenvalue weighted by atomic mass is 9.87. The van der Waals surface area contributed by atoms with Crippen LogP contribution in [0.4, 0.5) is 0 Å². The van der Waals surface area contributed by atoms with E-state index in [0.717, 1.165) is 23.7 Å². The summed E-state index contributed by atoms with van der Waals surface area (Å²) in [7, 11) is 0. The fraction of sp³-hybridized carbons (Fsp3) is 1.00.